The lowest BCUT2D eigenvalue weighted by Crippen LogP contribution is -3.16. The van der Waals surface area contributed by atoms with Crippen molar-refractivity contribution in [3.63, 3.8) is 0 Å². The van der Waals surface area contributed by atoms with Gasteiger partial charge in [-0.2, -0.15) is 5.26 Å². The highest BCUT2D eigenvalue weighted by atomic mass is 16.6. The third-order valence-corrected chi connectivity index (χ3v) is 4.82. The minimum absolute atomic E-state index is 0.0484. The molecule has 0 bridgehead atoms. The lowest BCUT2D eigenvalue weighted by Gasteiger charge is -2.40. The number of likely N-dealkylation sites (N-methyl/N-ethyl adjacent to an activating group) is 1. The van der Waals surface area contributed by atoms with E-state index in [2.05, 4.69) is 19.4 Å². The van der Waals surface area contributed by atoms with Crippen molar-refractivity contribution in [3.05, 3.63) is 33.9 Å². The first-order valence-corrected chi connectivity index (χ1v) is 7.71. The van der Waals surface area contributed by atoms with E-state index in [0.717, 1.165) is 19.4 Å². The topological polar surface area (TPSA) is 83.4 Å². The second-order valence-electron chi connectivity index (χ2n) is 6.29. The molecule has 1 aromatic carbocycles. The first-order valence-electron chi connectivity index (χ1n) is 7.71. The van der Waals surface area contributed by atoms with Crippen molar-refractivity contribution in [2.24, 2.45) is 0 Å². The van der Waals surface area contributed by atoms with Crippen molar-refractivity contribution in [1.29, 1.82) is 5.26 Å². The third kappa shape index (κ3) is 3.37. The summed E-state index contributed by atoms with van der Waals surface area (Å²) in [7, 11) is 4.35. The molecule has 1 aliphatic carbocycles. The van der Waals surface area contributed by atoms with Crippen LogP contribution in [0.15, 0.2) is 18.2 Å². The maximum Gasteiger partial charge on any atom is 0.270 e. The zero-order valence-electron chi connectivity index (χ0n) is 13.2. The molecule has 0 saturated heterocycles. The number of nitro benzene ring substituents is 1. The van der Waals surface area contributed by atoms with E-state index in [1.807, 2.05) is 6.07 Å². The van der Waals surface area contributed by atoms with Crippen LogP contribution in [0, 0.1) is 21.4 Å². The Morgan fingerprint density at radius 3 is 2.59 bits per heavy atom. The zero-order valence-corrected chi connectivity index (χ0v) is 13.2. The summed E-state index contributed by atoms with van der Waals surface area (Å²) < 4.78 is 0. The molecule has 118 valence electrons. The SMILES string of the molecule is C[NH+](C)C1(CNc2ccc([N+](=O)[O-])cc2C#N)CCCCC1. The second-order valence-corrected chi connectivity index (χ2v) is 6.29. The molecule has 0 aliphatic heterocycles. The lowest BCUT2D eigenvalue weighted by molar-refractivity contribution is -0.915. The Balaban J connectivity index is 2.16. The molecule has 1 aliphatic rings. The summed E-state index contributed by atoms with van der Waals surface area (Å²) in [6.45, 7) is 0.780. The number of quaternary nitrogens is 1. The highest BCUT2D eigenvalue weighted by Gasteiger charge is 2.37. The Hall–Kier alpha value is -2.13. The van der Waals surface area contributed by atoms with Gasteiger partial charge in [0.1, 0.15) is 11.6 Å². The van der Waals surface area contributed by atoms with Gasteiger partial charge in [0.2, 0.25) is 0 Å². The largest absolute Gasteiger partial charge is 0.378 e. The Bertz CT molecular complexity index is 586. The smallest absolute Gasteiger partial charge is 0.270 e. The summed E-state index contributed by atoms with van der Waals surface area (Å²) in [5, 5.41) is 23.4. The first kappa shape index (κ1) is 16.2. The number of nitriles is 1. The maximum absolute atomic E-state index is 10.8. The summed E-state index contributed by atoms with van der Waals surface area (Å²) in [5.74, 6) is 0. The van der Waals surface area contributed by atoms with Gasteiger partial charge in [0, 0.05) is 25.0 Å². The molecule has 0 radical (unpaired) electrons. The normalized spacial score (nSPS) is 17.0. The molecule has 0 spiro atoms. The van der Waals surface area contributed by atoms with Gasteiger partial charge in [-0.05, 0) is 18.9 Å². The van der Waals surface area contributed by atoms with E-state index in [9.17, 15) is 15.4 Å². The summed E-state index contributed by atoms with van der Waals surface area (Å²) >= 11 is 0. The standard InChI is InChI=1S/C16H22N4O2/c1-19(2)16(8-4-3-5-9-16)12-18-15-7-6-14(20(21)22)10-13(15)11-17/h6-7,10,18H,3-5,8-9,12H2,1-2H3/p+1. The number of non-ortho nitro benzene ring substituents is 1. The van der Waals surface area contributed by atoms with Crippen LogP contribution in [-0.2, 0) is 0 Å². The van der Waals surface area contributed by atoms with Crippen LogP contribution < -0.4 is 10.2 Å². The van der Waals surface area contributed by atoms with Gasteiger partial charge in [-0.1, -0.05) is 6.42 Å². The van der Waals surface area contributed by atoms with Crippen LogP contribution in [0.5, 0.6) is 0 Å². The minimum Gasteiger partial charge on any atom is -0.378 e. The average Bonchev–Trinajstić information content (AvgIpc) is 2.53. The first-order chi connectivity index (χ1) is 10.5. The number of nitro groups is 1. The molecule has 22 heavy (non-hydrogen) atoms. The fraction of sp³-hybridized carbons (Fsp3) is 0.562. The monoisotopic (exact) mass is 303 g/mol. The van der Waals surface area contributed by atoms with Crippen molar-refractivity contribution in [3.8, 4) is 6.07 Å². The van der Waals surface area contributed by atoms with E-state index >= 15 is 0 Å². The number of hydrogen-bond acceptors (Lipinski definition) is 4. The summed E-state index contributed by atoms with van der Waals surface area (Å²) in [5.41, 5.74) is 1.13. The van der Waals surface area contributed by atoms with E-state index in [-0.39, 0.29) is 11.2 Å². The maximum atomic E-state index is 10.8. The Morgan fingerprint density at radius 1 is 1.36 bits per heavy atom. The molecule has 0 atom stereocenters. The predicted octanol–water partition coefficient (Wildman–Crippen LogP) is 1.73. The Morgan fingerprint density at radius 2 is 2.05 bits per heavy atom. The Labute approximate surface area is 130 Å². The molecule has 6 heteroatoms. The van der Waals surface area contributed by atoms with Crippen LogP contribution in [0.4, 0.5) is 11.4 Å². The molecule has 1 fully saturated rings. The van der Waals surface area contributed by atoms with Crippen LogP contribution >= 0.6 is 0 Å². The summed E-state index contributed by atoms with van der Waals surface area (Å²) in [6.07, 6.45) is 6.08. The van der Waals surface area contributed by atoms with E-state index in [1.165, 1.54) is 36.3 Å². The van der Waals surface area contributed by atoms with Crippen LogP contribution in [0.3, 0.4) is 0 Å². The number of nitrogens with one attached hydrogen (secondary N) is 2. The van der Waals surface area contributed by atoms with Gasteiger partial charge in [0.05, 0.1) is 36.8 Å². The quantitative estimate of drug-likeness (QED) is 0.641. The molecule has 0 amide bonds. The van der Waals surface area contributed by atoms with Crippen LogP contribution in [0.1, 0.15) is 37.7 Å². The van der Waals surface area contributed by atoms with Gasteiger partial charge in [-0.25, -0.2) is 0 Å². The fourth-order valence-corrected chi connectivity index (χ4v) is 3.24. The molecule has 0 aromatic heterocycles. The third-order valence-electron chi connectivity index (χ3n) is 4.82. The molecular formula is C16H23N4O2+. The molecular weight excluding hydrogens is 280 g/mol. The summed E-state index contributed by atoms with van der Waals surface area (Å²) in [6, 6.07) is 6.46. The second kappa shape index (κ2) is 6.75. The van der Waals surface area contributed by atoms with Gasteiger partial charge in [-0.15, -0.1) is 0 Å². The van der Waals surface area contributed by atoms with Gasteiger partial charge >= 0.3 is 0 Å². The number of benzene rings is 1. The molecule has 1 aromatic rings. The number of nitrogens with zero attached hydrogens (tertiary/aromatic N) is 2. The zero-order chi connectivity index (χ0) is 16.2. The molecule has 1 saturated carbocycles. The number of rotatable bonds is 5. The van der Waals surface area contributed by atoms with Crippen LogP contribution in [-0.4, -0.2) is 31.1 Å². The number of hydrogen-bond donors (Lipinski definition) is 2. The van der Waals surface area contributed by atoms with Gasteiger partial charge in [0.25, 0.3) is 5.69 Å². The molecule has 6 nitrogen and oxygen atoms in total. The predicted molar refractivity (Wildman–Crippen MR) is 84.9 cm³/mol. The van der Waals surface area contributed by atoms with Crippen molar-refractivity contribution >= 4 is 11.4 Å². The van der Waals surface area contributed by atoms with E-state index < -0.39 is 4.92 Å². The lowest BCUT2D eigenvalue weighted by atomic mass is 9.80. The van der Waals surface area contributed by atoms with E-state index in [1.54, 1.807) is 6.07 Å². The van der Waals surface area contributed by atoms with Gasteiger partial charge in [0.15, 0.2) is 0 Å². The highest BCUT2D eigenvalue weighted by Crippen LogP contribution is 2.27. The van der Waals surface area contributed by atoms with Gasteiger partial charge in [-0.3, -0.25) is 10.1 Å². The van der Waals surface area contributed by atoms with Gasteiger partial charge < -0.3 is 10.2 Å². The van der Waals surface area contributed by atoms with E-state index in [4.69, 9.17) is 0 Å². The molecule has 0 heterocycles. The van der Waals surface area contributed by atoms with Crippen molar-refractivity contribution in [2.45, 2.75) is 37.6 Å². The van der Waals surface area contributed by atoms with Crippen LogP contribution in [0.25, 0.3) is 0 Å². The summed E-state index contributed by atoms with van der Waals surface area (Å²) in [4.78, 5) is 11.7. The van der Waals surface area contributed by atoms with Crippen LogP contribution in [0.2, 0.25) is 0 Å². The molecule has 2 rings (SSSR count). The molecule has 2 N–H and O–H groups in total. The average molecular weight is 303 g/mol. The van der Waals surface area contributed by atoms with Crippen molar-refractivity contribution in [2.75, 3.05) is 26.0 Å². The van der Waals surface area contributed by atoms with E-state index in [0.29, 0.717) is 11.3 Å². The van der Waals surface area contributed by atoms with Crippen molar-refractivity contribution < 1.29 is 9.82 Å². The Kier molecular flexibility index (Phi) is 4.99. The highest BCUT2D eigenvalue weighted by molar-refractivity contribution is 5.61. The molecule has 0 unspecified atom stereocenters. The fourth-order valence-electron chi connectivity index (χ4n) is 3.24. The number of anilines is 1. The van der Waals surface area contributed by atoms with Crippen molar-refractivity contribution in [1.82, 2.24) is 0 Å². The minimum atomic E-state index is -0.475.